The molecule has 106 valence electrons. The molecule has 2 aliphatic heterocycles. The normalized spacial score (nSPS) is 18.6. The van der Waals surface area contributed by atoms with Crippen molar-refractivity contribution in [3.05, 3.63) is 21.4 Å². The van der Waals surface area contributed by atoms with Crippen LogP contribution < -0.4 is 0 Å². The quantitative estimate of drug-likeness (QED) is 0.478. The van der Waals surface area contributed by atoms with Crippen LogP contribution in [0.5, 0.6) is 0 Å². The SMILES string of the molecule is CCN1CCSC1=C=C=C1SC(=S)N(CC(=O)O)C1=O. The molecule has 0 radical (unpaired) electrons. The zero-order valence-electron chi connectivity index (χ0n) is 10.7. The fraction of sp³-hybridized carbons (Fsp3) is 0.417. The Morgan fingerprint density at radius 1 is 1.50 bits per heavy atom. The number of carboxylic acids is 1. The van der Waals surface area contributed by atoms with E-state index in [-0.39, 0.29) is 4.32 Å². The van der Waals surface area contributed by atoms with E-state index in [0.717, 1.165) is 40.5 Å². The lowest BCUT2D eigenvalue weighted by molar-refractivity contribution is -0.140. The molecule has 1 N–H and O–H groups in total. The third-order valence-electron chi connectivity index (χ3n) is 2.69. The van der Waals surface area contributed by atoms with Gasteiger partial charge in [0.15, 0.2) is 0 Å². The predicted octanol–water partition coefficient (Wildman–Crippen LogP) is 1.48. The maximum Gasteiger partial charge on any atom is 0.323 e. The van der Waals surface area contributed by atoms with Crippen LogP contribution in [0.3, 0.4) is 0 Å². The molecule has 2 fully saturated rings. The van der Waals surface area contributed by atoms with Crippen LogP contribution in [0, 0.1) is 0 Å². The molecule has 0 bridgehead atoms. The molecule has 0 aromatic carbocycles. The highest BCUT2D eigenvalue weighted by atomic mass is 32.2. The maximum atomic E-state index is 12.0. The molecule has 2 aliphatic rings. The van der Waals surface area contributed by atoms with Gasteiger partial charge in [-0.3, -0.25) is 14.5 Å². The zero-order valence-corrected chi connectivity index (χ0v) is 13.2. The number of rotatable bonds is 3. The monoisotopic (exact) mass is 328 g/mol. The summed E-state index contributed by atoms with van der Waals surface area (Å²) in [5, 5.41) is 9.70. The smallest absolute Gasteiger partial charge is 0.323 e. The van der Waals surface area contributed by atoms with Crippen molar-refractivity contribution in [1.82, 2.24) is 9.80 Å². The van der Waals surface area contributed by atoms with Gasteiger partial charge in [0.1, 0.15) is 20.8 Å². The average molecular weight is 328 g/mol. The molecule has 0 atom stereocenters. The van der Waals surface area contributed by atoms with Gasteiger partial charge in [-0.15, -0.1) is 0 Å². The Kier molecular flexibility index (Phi) is 4.96. The van der Waals surface area contributed by atoms with Crippen molar-refractivity contribution in [3.8, 4) is 0 Å². The molecule has 0 aliphatic carbocycles. The van der Waals surface area contributed by atoms with E-state index in [9.17, 15) is 9.59 Å². The molecule has 2 saturated heterocycles. The van der Waals surface area contributed by atoms with Gasteiger partial charge in [0.2, 0.25) is 0 Å². The molecule has 0 aromatic heterocycles. The average Bonchev–Trinajstić information content (AvgIpc) is 2.95. The van der Waals surface area contributed by atoms with E-state index < -0.39 is 18.4 Å². The Hall–Kier alpha value is -1.17. The molecule has 1 amide bonds. The molecular weight excluding hydrogens is 316 g/mol. The Bertz CT molecular complexity index is 574. The lowest BCUT2D eigenvalue weighted by Crippen LogP contribution is -2.33. The van der Waals surface area contributed by atoms with Crippen molar-refractivity contribution in [1.29, 1.82) is 0 Å². The molecule has 0 unspecified atom stereocenters. The topological polar surface area (TPSA) is 60.9 Å². The minimum atomic E-state index is -1.09. The van der Waals surface area contributed by atoms with E-state index in [4.69, 9.17) is 17.3 Å². The highest BCUT2D eigenvalue weighted by Crippen LogP contribution is 2.30. The highest BCUT2D eigenvalue weighted by molar-refractivity contribution is 8.26. The van der Waals surface area contributed by atoms with Gasteiger partial charge in [-0.1, -0.05) is 24.0 Å². The van der Waals surface area contributed by atoms with Gasteiger partial charge in [0.25, 0.3) is 5.91 Å². The largest absolute Gasteiger partial charge is 0.480 e. The molecule has 0 saturated carbocycles. The number of carbonyl (C=O) groups is 2. The van der Waals surface area contributed by atoms with Crippen molar-refractivity contribution >= 4 is 51.9 Å². The maximum absolute atomic E-state index is 12.0. The number of thiocarbonyl (C=S) groups is 1. The van der Waals surface area contributed by atoms with Crippen LogP contribution in [-0.4, -0.2) is 56.5 Å². The molecule has 0 spiro atoms. The first kappa shape index (κ1) is 15.2. The van der Waals surface area contributed by atoms with Crippen LogP contribution in [0.15, 0.2) is 21.4 Å². The van der Waals surface area contributed by atoms with Gasteiger partial charge in [0, 0.05) is 18.8 Å². The van der Waals surface area contributed by atoms with Crippen molar-refractivity contribution in [2.75, 3.05) is 25.4 Å². The second-order valence-electron chi connectivity index (χ2n) is 3.97. The summed E-state index contributed by atoms with van der Waals surface area (Å²) in [6.45, 7) is 3.49. The van der Waals surface area contributed by atoms with Gasteiger partial charge in [-0.25, -0.2) is 0 Å². The Morgan fingerprint density at radius 2 is 2.25 bits per heavy atom. The number of carboxylic acid groups (broad SMARTS) is 1. The van der Waals surface area contributed by atoms with Gasteiger partial charge in [-0.05, 0) is 30.1 Å². The van der Waals surface area contributed by atoms with E-state index >= 15 is 0 Å². The first-order chi connectivity index (χ1) is 9.52. The van der Waals surface area contributed by atoms with Crippen LogP contribution >= 0.6 is 35.7 Å². The summed E-state index contributed by atoms with van der Waals surface area (Å²) in [6.07, 6.45) is 0. The second-order valence-corrected chi connectivity index (χ2v) is 6.69. The second kappa shape index (κ2) is 6.52. The lowest BCUT2D eigenvalue weighted by atomic mass is 10.4. The molecule has 8 heteroatoms. The van der Waals surface area contributed by atoms with Crippen LogP contribution in [0.1, 0.15) is 6.92 Å². The number of hydrogen-bond donors (Lipinski definition) is 1. The number of nitrogens with zero attached hydrogens (tertiary/aromatic N) is 2. The van der Waals surface area contributed by atoms with E-state index in [1.807, 2.05) is 0 Å². The third-order valence-corrected chi connectivity index (χ3v) is 5.06. The van der Waals surface area contributed by atoms with Gasteiger partial charge in [-0.2, -0.15) is 0 Å². The molecule has 2 heterocycles. The number of carbonyl (C=O) groups excluding carboxylic acids is 1. The minimum absolute atomic E-state index is 0.248. The van der Waals surface area contributed by atoms with E-state index in [0.29, 0.717) is 4.91 Å². The zero-order chi connectivity index (χ0) is 14.7. The first-order valence-electron chi connectivity index (χ1n) is 5.92. The van der Waals surface area contributed by atoms with E-state index in [2.05, 4.69) is 23.3 Å². The van der Waals surface area contributed by atoms with Crippen molar-refractivity contribution in [3.63, 3.8) is 0 Å². The van der Waals surface area contributed by atoms with Gasteiger partial charge in [0.05, 0.1) is 0 Å². The molecular formula is C12H12N2O3S3. The highest BCUT2D eigenvalue weighted by Gasteiger charge is 2.33. The number of thioether (sulfide) groups is 2. The van der Waals surface area contributed by atoms with Crippen LogP contribution in [0.2, 0.25) is 0 Å². The van der Waals surface area contributed by atoms with Crippen LogP contribution in [-0.2, 0) is 9.59 Å². The fourth-order valence-electron chi connectivity index (χ4n) is 1.71. The number of hydrogen-bond acceptors (Lipinski definition) is 6. The summed E-state index contributed by atoms with van der Waals surface area (Å²) in [4.78, 5) is 26.2. The van der Waals surface area contributed by atoms with Crippen molar-refractivity contribution in [2.24, 2.45) is 0 Å². The summed E-state index contributed by atoms with van der Waals surface area (Å²) in [6, 6.07) is 0. The summed E-state index contributed by atoms with van der Waals surface area (Å²) in [5.74, 6) is -0.507. The third kappa shape index (κ3) is 3.29. The molecule has 20 heavy (non-hydrogen) atoms. The molecule has 0 aromatic rings. The summed E-state index contributed by atoms with van der Waals surface area (Å²) in [5.41, 5.74) is 5.82. The summed E-state index contributed by atoms with van der Waals surface area (Å²) >= 11 is 7.73. The lowest BCUT2D eigenvalue weighted by Gasteiger charge is -2.12. The number of amides is 1. The Balaban J connectivity index is 2.28. The number of aliphatic carboxylic acids is 1. The summed E-state index contributed by atoms with van der Waals surface area (Å²) in [7, 11) is 0. The van der Waals surface area contributed by atoms with Gasteiger partial charge >= 0.3 is 5.97 Å². The van der Waals surface area contributed by atoms with Crippen molar-refractivity contribution < 1.29 is 14.7 Å². The van der Waals surface area contributed by atoms with Crippen LogP contribution in [0.4, 0.5) is 0 Å². The first-order valence-corrected chi connectivity index (χ1v) is 8.13. The Labute approximate surface area is 130 Å². The standard InChI is InChI=1S/C12H12N2O3S3/c1-2-13-5-6-19-9(13)4-3-8-11(17)14(7-10(15)16)12(18)20-8/h2,5-7H2,1H3,(H,15,16). The Morgan fingerprint density at radius 3 is 2.90 bits per heavy atom. The minimum Gasteiger partial charge on any atom is -0.480 e. The predicted molar refractivity (Wildman–Crippen MR) is 83.3 cm³/mol. The van der Waals surface area contributed by atoms with Gasteiger partial charge < -0.3 is 10.0 Å². The molecule has 2 rings (SSSR count). The molecule has 5 nitrogen and oxygen atoms in total. The van der Waals surface area contributed by atoms with E-state index in [1.54, 1.807) is 11.8 Å². The van der Waals surface area contributed by atoms with Crippen LogP contribution in [0.25, 0.3) is 0 Å². The van der Waals surface area contributed by atoms with E-state index in [1.165, 1.54) is 0 Å². The fourth-order valence-corrected chi connectivity index (χ4v) is 3.88. The van der Waals surface area contributed by atoms with Crippen molar-refractivity contribution in [2.45, 2.75) is 6.92 Å². The summed E-state index contributed by atoms with van der Waals surface area (Å²) < 4.78 is 0.248.